The van der Waals surface area contributed by atoms with Gasteiger partial charge >= 0.3 is 0 Å². The third-order valence-corrected chi connectivity index (χ3v) is 5.95. The average molecular weight is 407 g/mol. The summed E-state index contributed by atoms with van der Waals surface area (Å²) in [6.07, 6.45) is 0. The highest BCUT2D eigenvalue weighted by Crippen LogP contribution is 2.26. The first-order valence-electron chi connectivity index (χ1n) is 9.26. The molecule has 0 atom stereocenters. The Hall–Kier alpha value is -3.06. The second-order valence-electron chi connectivity index (χ2n) is 7.05. The number of rotatable bonds is 5. The molecule has 0 spiro atoms. The molecule has 0 radical (unpaired) electrons. The molecular formula is C22H22N4O2S. The van der Waals surface area contributed by atoms with Crippen LogP contribution >= 0.6 is 11.8 Å². The maximum absolute atomic E-state index is 12.6. The minimum Gasteiger partial charge on any atom is -0.497 e. The van der Waals surface area contributed by atoms with Gasteiger partial charge in [0.05, 0.1) is 12.6 Å². The second kappa shape index (κ2) is 7.75. The number of ether oxygens (including phenoxy) is 1. The van der Waals surface area contributed by atoms with Gasteiger partial charge in [0.25, 0.3) is 0 Å². The molecule has 0 aliphatic heterocycles. The van der Waals surface area contributed by atoms with E-state index in [1.54, 1.807) is 24.9 Å². The van der Waals surface area contributed by atoms with Gasteiger partial charge in [-0.15, -0.1) is 10.2 Å². The van der Waals surface area contributed by atoms with Crippen molar-refractivity contribution in [1.82, 2.24) is 19.7 Å². The van der Waals surface area contributed by atoms with E-state index in [4.69, 9.17) is 4.74 Å². The van der Waals surface area contributed by atoms with E-state index < -0.39 is 0 Å². The van der Waals surface area contributed by atoms with Gasteiger partial charge in [-0.25, -0.2) is 0 Å². The number of hydrogen-bond donors (Lipinski definition) is 1. The van der Waals surface area contributed by atoms with Gasteiger partial charge in [-0.05, 0) is 55.3 Å². The van der Waals surface area contributed by atoms with Crippen molar-refractivity contribution in [2.24, 2.45) is 7.05 Å². The molecular weight excluding hydrogens is 384 g/mol. The molecule has 7 heteroatoms. The monoisotopic (exact) mass is 406 g/mol. The molecule has 4 rings (SSSR count). The topological polar surface area (TPSA) is 72.8 Å². The number of pyridine rings is 1. The zero-order valence-corrected chi connectivity index (χ0v) is 17.6. The van der Waals surface area contributed by atoms with Crippen LogP contribution in [0.3, 0.4) is 0 Å². The summed E-state index contributed by atoms with van der Waals surface area (Å²) in [7, 11) is 3.59. The first-order valence-corrected chi connectivity index (χ1v) is 10.2. The zero-order valence-electron chi connectivity index (χ0n) is 16.8. The van der Waals surface area contributed by atoms with E-state index in [2.05, 4.69) is 21.2 Å². The fourth-order valence-electron chi connectivity index (χ4n) is 3.41. The van der Waals surface area contributed by atoms with Crippen molar-refractivity contribution < 1.29 is 4.74 Å². The molecule has 2 heterocycles. The number of benzene rings is 2. The number of methoxy groups -OCH3 is 1. The predicted molar refractivity (Wildman–Crippen MR) is 117 cm³/mol. The predicted octanol–water partition coefficient (Wildman–Crippen LogP) is 4.24. The number of thioether (sulfide) groups is 1. The van der Waals surface area contributed by atoms with Crippen molar-refractivity contribution >= 4 is 22.7 Å². The van der Waals surface area contributed by atoms with Gasteiger partial charge < -0.3 is 14.3 Å². The lowest BCUT2D eigenvalue weighted by atomic mass is 10.1. The summed E-state index contributed by atoms with van der Waals surface area (Å²) < 4.78 is 7.17. The van der Waals surface area contributed by atoms with Gasteiger partial charge in [0.1, 0.15) is 5.75 Å². The van der Waals surface area contributed by atoms with Crippen LogP contribution in [0, 0.1) is 13.8 Å². The highest BCUT2D eigenvalue weighted by molar-refractivity contribution is 7.98. The highest BCUT2D eigenvalue weighted by atomic mass is 32.2. The molecule has 2 aromatic carbocycles. The van der Waals surface area contributed by atoms with Crippen molar-refractivity contribution in [2.75, 3.05) is 7.11 Å². The van der Waals surface area contributed by atoms with Gasteiger partial charge in [0.2, 0.25) is 0 Å². The van der Waals surface area contributed by atoms with E-state index in [1.165, 1.54) is 0 Å². The third-order valence-electron chi connectivity index (χ3n) is 4.88. The standard InChI is InChI=1S/C22H22N4O2S/c1-13-9-14(2)20-18(10-13)19(27)11-16(23-20)12-29-22-25-24-21(26(22)3)15-5-7-17(28-4)8-6-15/h5-11H,12H2,1-4H3,(H,23,27). The highest BCUT2D eigenvalue weighted by Gasteiger charge is 2.13. The van der Waals surface area contributed by atoms with Crippen LogP contribution in [-0.4, -0.2) is 26.9 Å². The number of aromatic nitrogens is 4. The summed E-state index contributed by atoms with van der Waals surface area (Å²) >= 11 is 1.54. The van der Waals surface area contributed by atoms with Crippen molar-refractivity contribution in [2.45, 2.75) is 24.8 Å². The molecule has 148 valence electrons. The maximum Gasteiger partial charge on any atom is 0.191 e. The fraction of sp³-hybridized carbons (Fsp3) is 0.227. The molecule has 0 bridgehead atoms. The number of H-pyrrole nitrogens is 1. The number of aromatic amines is 1. The fourth-order valence-corrected chi connectivity index (χ4v) is 4.23. The first kappa shape index (κ1) is 19.3. The molecule has 1 N–H and O–H groups in total. The van der Waals surface area contributed by atoms with E-state index >= 15 is 0 Å². The SMILES string of the molecule is COc1ccc(-c2nnc(SCc3cc(=O)c4cc(C)cc(C)c4[nH]3)n2C)cc1. The van der Waals surface area contributed by atoms with Crippen molar-refractivity contribution in [3.05, 3.63) is 69.5 Å². The average Bonchev–Trinajstić information content (AvgIpc) is 3.08. The molecule has 0 fully saturated rings. The summed E-state index contributed by atoms with van der Waals surface area (Å²) in [5.74, 6) is 2.19. The quantitative estimate of drug-likeness (QED) is 0.502. The molecule has 0 unspecified atom stereocenters. The van der Waals surface area contributed by atoms with Gasteiger partial charge in [0, 0.05) is 35.5 Å². The molecule has 0 aliphatic carbocycles. The van der Waals surface area contributed by atoms with Gasteiger partial charge in [-0.1, -0.05) is 17.8 Å². The number of nitrogens with one attached hydrogen (secondary N) is 1. The lowest BCUT2D eigenvalue weighted by Gasteiger charge is -2.08. The van der Waals surface area contributed by atoms with E-state index in [0.717, 1.165) is 50.0 Å². The minimum atomic E-state index is 0.0398. The molecule has 4 aromatic rings. The van der Waals surface area contributed by atoms with E-state index in [9.17, 15) is 4.79 Å². The van der Waals surface area contributed by atoms with Gasteiger partial charge in [-0.2, -0.15) is 0 Å². The van der Waals surface area contributed by atoms with Crippen LogP contribution in [0.2, 0.25) is 0 Å². The summed E-state index contributed by atoms with van der Waals surface area (Å²) in [5.41, 5.74) is 4.94. The van der Waals surface area contributed by atoms with Gasteiger partial charge in [0.15, 0.2) is 16.4 Å². The Bertz CT molecular complexity index is 1240. The molecule has 29 heavy (non-hydrogen) atoms. The van der Waals surface area contributed by atoms with E-state index in [1.807, 2.05) is 55.8 Å². The lowest BCUT2D eigenvalue weighted by Crippen LogP contribution is -2.06. The van der Waals surface area contributed by atoms with Crippen LogP contribution < -0.4 is 10.2 Å². The Labute approximate surface area is 172 Å². The minimum absolute atomic E-state index is 0.0398. The van der Waals surface area contributed by atoms with Crippen molar-refractivity contribution in [3.63, 3.8) is 0 Å². The molecule has 0 amide bonds. The zero-order chi connectivity index (χ0) is 20.5. The first-order chi connectivity index (χ1) is 14.0. The van der Waals surface area contributed by atoms with E-state index in [0.29, 0.717) is 5.75 Å². The Kier molecular flexibility index (Phi) is 5.15. The lowest BCUT2D eigenvalue weighted by molar-refractivity contribution is 0.415. The van der Waals surface area contributed by atoms with Crippen LogP contribution in [0.1, 0.15) is 16.8 Å². The smallest absolute Gasteiger partial charge is 0.191 e. The molecule has 0 saturated carbocycles. The molecule has 0 aliphatic rings. The number of fused-ring (bicyclic) bond motifs is 1. The molecule has 6 nitrogen and oxygen atoms in total. The second-order valence-corrected chi connectivity index (χ2v) is 7.99. The number of aryl methyl sites for hydroxylation is 2. The Morgan fingerprint density at radius 2 is 1.86 bits per heavy atom. The summed E-state index contributed by atoms with van der Waals surface area (Å²) in [4.78, 5) is 16.0. The normalized spacial score (nSPS) is 11.2. The van der Waals surface area contributed by atoms with Crippen LogP contribution in [0.4, 0.5) is 0 Å². The van der Waals surface area contributed by atoms with E-state index in [-0.39, 0.29) is 5.43 Å². The Morgan fingerprint density at radius 1 is 1.10 bits per heavy atom. The van der Waals surface area contributed by atoms with Gasteiger partial charge in [-0.3, -0.25) is 4.79 Å². The summed E-state index contributed by atoms with van der Waals surface area (Å²) in [5, 5.41) is 10.2. The largest absolute Gasteiger partial charge is 0.497 e. The van der Waals surface area contributed by atoms with Crippen LogP contribution in [0.5, 0.6) is 5.75 Å². The Balaban J connectivity index is 1.58. The van der Waals surface area contributed by atoms with Crippen molar-refractivity contribution in [1.29, 1.82) is 0 Å². The summed E-state index contributed by atoms with van der Waals surface area (Å²) in [6.45, 7) is 4.02. The van der Waals surface area contributed by atoms with Crippen LogP contribution in [0.15, 0.2) is 52.4 Å². The van der Waals surface area contributed by atoms with Crippen LogP contribution in [0.25, 0.3) is 22.3 Å². The van der Waals surface area contributed by atoms with Crippen LogP contribution in [-0.2, 0) is 12.8 Å². The third kappa shape index (κ3) is 3.78. The molecule has 2 aromatic heterocycles. The summed E-state index contributed by atoms with van der Waals surface area (Å²) in [6, 6.07) is 13.4. The number of hydrogen-bond acceptors (Lipinski definition) is 5. The maximum atomic E-state index is 12.6. The molecule has 0 saturated heterocycles. The Morgan fingerprint density at radius 3 is 2.59 bits per heavy atom. The number of nitrogens with zero attached hydrogens (tertiary/aromatic N) is 3. The van der Waals surface area contributed by atoms with Crippen molar-refractivity contribution in [3.8, 4) is 17.1 Å².